The van der Waals surface area contributed by atoms with Crippen LogP contribution in [0.4, 0.5) is 0 Å². The molecule has 2 heterocycles. The van der Waals surface area contributed by atoms with Crippen LogP contribution in [-0.2, 0) is 20.4 Å². The molecule has 0 saturated carbocycles. The molecule has 0 aromatic heterocycles. The highest BCUT2D eigenvalue weighted by Gasteiger charge is 2.38. The molecule has 0 aliphatic carbocycles. The minimum Gasteiger partial charge on any atom is -0.508 e. The molecule has 2 aliphatic rings. The Bertz CT molecular complexity index is 1010. The summed E-state index contributed by atoms with van der Waals surface area (Å²) in [6.45, 7) is 13.9. The highest BCUT2D eigenvalue weighted by molar-refractivity contribution is 5.69. The van der Waals surface area contributed by atoms with Crippen LogP contribution in [0.15, 0.2) is 48.5 Å². The van der Waals surface area contributed by atoms with Gasteiger partial charge >= 0.3 is 5.97 Å². The Hall–Kier alpha value is -2.57. The number of phenols is 2. The zero-order chi connectivity index (χ0) is 26.3. The number of aromatic hydroxyl groups is 2. The van der Waals surface area contributed by atoms with Crippen molar-refractivity contribution in [3.63, 3.8) is 0 Å². The topological polar surface area (TPSA) is 82.0 Å². The molecule has 2 aromatic rings. The number of methoxy groups -OCH3 is 1. The lowest BCUT2D eigenvalue weighted by molar-refractivity contribution is -0.141. The third kappa shape index (κ3) is 6.60. The number of hydrogen-bond acceptors (Lipinski definition) is 6. The van der Waals surface area contributed by atoms with Crippen LogP contribution in [-0.4, -0.2) is 60.9 Å². The summed E-state index contributed by atoms with van der Waals surface area (Å²) >= 11 is 0. The first-order chi connectivity index (χ1) is 17.1. The number of phenolic OH excluding ortho intramolecular Hbond substituents is 2. The Balaban J connectivity index is 0.000000212. The fourth-order valence-electron chi connectivity index (χ4n) is 5.59. The average molecular weight is 497 g/mol. The zero-order valence-corrected chi connectivity index (χ0v) is 22.6. The van der Waals surface area contributed by atoms with E-state index in [9.17, 15) is 15.0 Å². The van der Waals surface area contributed by atoms with Crippen molar-refractivity contribution in [2.45, 2.75) is 57.8 Å². The van der Waals surface area contributed by atoms with E-state index in [0.717, 1.165) is 45.6 Å². The van der Waals surface area contributed by atoms with E-state index in [4.69, 9.17) is 4.74 Å². The average Bonchev–Trinajstić information content (AvgIpc) is 2.87. The number of carbonyl (C=O) groups excluding carboxylic acids is 1. The summed E-state index contributed by atoms with van der Waals surface area (Å²) in [5.74, 6) is 1.62. The van der Waals surface area contributed by atoms with Gasteiger partial charge in [-0.15, -0.1) is 0 Å². The molecule has 0 amide bonds. The van der Waals surface area contributed by atoms with Crippen molar-refractivity contribution in [1.82, 2.24) is 10.2 Å². The normalized spacial score (nSPS) is 28.6. The van der Waals surface area contributed by atoms with Crippen molar-refractivity contribution in [3.05, 3.63) is 59.7 Å². The van der Waals surface area contributed by atoms with E-state index < -0.39 is 0 Å². The lowest BCUT2D eigenvalue weighted by Gasteiger charge is -2.45. The van der Waals surface area contributed by atoms with Gasteiger partial charge in [0.25, 0.3) is 0 Å². The maximum absolute atomic E-state index is 11.2. The van der Waals surface area contributed by atoms with Crippen LogP contribution in [0, 0.1) is 11.8 Å². The van der Waals surface area contributed by atoms with Crippen molar-refractivity contribution in [2.24, 2.45) is 11.8 Å². The Morgan fingerprint density at radius 1 is 1.00 bits per heavy atom. The smallest absolute Gasteiger partial charge is 0.306 e. The molecular weight excluding hydrogens is 452 g/mol. The minimum absolute atomic E-state index is 0.0699. The summed E-state index contributed by atoms with van der Waals surface area (Å²) in [6.07, 6.45) is 2.61. The number of hydrogen-bond donors (Lipinski definition) is 3. The van der Waals surface area contributed by atoms with Crippen LogP contribution >= 0.6 is 0 Å². The van der Waals surface area contributed by atoms with E-state index in [-0.39, 0.29) is 16.8 Å². The Kier molecular flexibility index (Phi) is 9.42. The second-order valence-electron chi connectivity index (χ2n) is 11.1. The molecule has 2 fully saturated rings. The van der Waals surface area contributed by atoms with E-state index in [1.807, 2.05) is 24.3 Å². The van der Waals surface area contributed by atoms with Crippen molar-refractivity contribution in [2.75, 3.05) is 39.8 Å². The molecule has 6 heteroatoms. The number of ether oxygens (including phenoxy) is 1. The first-order valence-corrected chi connectivity index (χ1v) is 13.2. The van der Waals surface area contributed by atoms with Gasteiger partial charge in [0.1, 0.15) is 11.5 Å². The van der Waals surface area contributed by atoms with Crippen LogP contribution in [0.5, 0.6) is 11.5 Å². The quantitative estimate of drug-likeness (QED) is 0.514. The molecule has 0 spiro atoms. The van der Waals surface area contributed by atoms with E-state index in [0.29, 0.717) is 29.8 Å². The third-order valence-corrected chi connectivity index (χ3v) is 8.80. The lowest BCUT2D eigenvalue weighted by Crippen LogP contribution is -2.47. The van der Waals surface area contributed by atoms with Gasteiger partial charge < -0.3 is 25.2 Å². The molecule has 2 aromatic carbocycles. The van der Waals surface area contributed by atoms with Gasteiger partial charge in [-0.05, 0) is 90.5 Å². The number of likely N-dealkylation sites (tertiary alicyclic amines) is 1. The van der Waals surface area contributed by atoms with Crippen molar-refractivity contribution >= 4 is 5.97 Å². The van der Waals surface area contributed by atoms with Gasteiger partial charge in [-0.3, -0.25) is 4.79 Å². The Morgan fingerprint density at radius 2 is 1.58 bits per heavy atom. The van der Waals surface area contributed by atoms with E-state index in [2.05, 4.69) is 50.0 Å². The lowest BCUT2D eigenvalue weighted by atomic mass is 9.68. The van der Waals surface area contributed by atoms with Gasteiger partial charge in [-0.2, -0.15) is 0 Å². The monoisotopic (exact) mass is 496 g/mol. The predicted molar refractivity (Wildman–Crippen MR) is 144 cm³/mol. The second-order valence-corrected chi connectivity index (χ2v) is 11.1. The molecule has 2 saturated heterocycles. The molecule has 2 aliphatic heterocycles. The van der Waals surface area contributed by atoms with Crippen LogP contribution in [0.2, 0.25) is 0 Å². The van der Waals surface area contributed by atoms with E-state index in [1.165, 1.54) is 18.2 Å². The van der Waals surface area contributed by atoms with Crippen molar-refractivity contribution < 1.29 is 19.7 Å². The van der Waals surface area contributed by atoms with Gasteiger partial charge in [0.05, 0.1) is 13.5 Å². The number of rotatable bonds is 5. The SMILES string of the molecule is COC(=O)CCN1CC[C@@](C)(c2cccc(O)c2)[C@@H](C)C1.C[C@H]1CNCC[C@@]1(C)c1cccc(O)c1. The second kappa shape index (κ2) is 12.1. The number of carbonyl (C=O) groups is 1. The molecule has 3 N–H and O–H groups in total. The molecule has 4 atom stereocenters. The van der Waals surface area contributed by atoms with Crippen molar-refractivity contribution in [3.8, 4) is 11.5 Å². The van der Waals surface area contributed by atoms with Crippen LogP contribution < -0.4 is 5.32 Å². The van der Waals surface area contributed by atoms with Crippen molar-refractivity contribution in [1.29, 1.82) is 0 Å². The van der Waals surface area contributed by atoms with Crippen LogP contribution in [0.25, 0.3) is 0 Å². The summed E-state index contributed by atoms with van der Waals surface area (Å²) in [5.41, 5.74) is 2.73. The number of esters is 1. The first kappa shape index (κ1) is 28.0. The maximum Gasteiger partial charge on any atom is 0.306 e. The van der Waals surface area contributed by atoms with Gasteiger partial charge in [0, 0.05) is 13.1 Å². The summed E-state index contributed by atoms with van der Waals surface area (Å²) in [4.78, 5) is 13.6. The summed E-state index contributed by atoms with van der Waals surface area (Å²) < 4.78 is 4.70. The van der Waals surface area contributed by atoms with Gasteiger partial charge in [-0.25, -0.2) is 0 Å². The largest absolute Gasteiger partial charge is 0.508 e. The number of nitrogens with one attached hydrogen (secondary N) is 1. The van der Waals surface area contributed by atoms with Crippen LogP contribution in [0.3, 0.4) is 0 Å². The van der Waals surface area contributed by atoms with E-state index >= 15 is 0 Å². The highest BCUT2D eigenvalue weighted by Crippen LogP contribution is 2.40. The minimum atomic E-state index is -0.149. The first-order valence-electron chi connectivity index (χ1n) is 13.2. The summed E-state index contributed by atoms with van der Waals surface area (Å²) in [7, 11) is 1.43. The molecule has 0 bridgehead atoms. The van der Waals surface area contributed by atoms with Crippen LogP contribution in [0.1, 0.15) is 58.1 Å². The summed E-state index contributed by atoms with van der Waals surface area (Å²) in [5, 5.41) is 22.6. The molecular formula is C30H44N2O4. The fraction of sp³-hybridized carbons (Fsp3) is 0.567. The van der Waals surface area contributed by atoms with Gasteiger partial charge in [0.2, 0.25) is 0 Å². The third-order valence-electron chi connectivity index (χ3n) is 8.80. The highest BCUT2D eigenvalue weighted by atomic mass is 16.5. The van der Waals surface area contributed by atoms with Gasteiger partial charge in [-0.1, -0.05) is 52.0 Å². The Labute approximate surface area is 216 Å². The molecule has 36 heavy (non-hydrogen) atoms. The Morgan fingerprint density at radius 3 is 2.08 bits per heavy atom. The summed E-state index contributed by atoms with van der Waals surface area (Å²) in [6, 6.07) is 15.3. The number of nitrogens with zero attached hydrogens (tertiary/aromatic N) is 1. The molecule has 0 radical (unpaired) electrons. The number of piperidine rings is 2. The molecule has 198 valence electrons. The predicted octanol–water partition coefficient (Wildman–Crippen LogP) is 4.83. The maximum atomic E-state index is 11.2. The molecule has 4 rings (SSSR count). The molecule has 6 nitrogen and oxygen atoms in total. The zero-order valence-electron chi connectivity index (χ0n) is 22.6. The standard InChI is InChI=1S/C17H25NO3.C13H19NO/c1-13-12-18(9-7-16(20)21-3)10-8-17(13,2)14-5-4-6-15(19)11-14;1-10-9-14-7-6-13(10,2)11-4-3-5-12(15)8-11/h4-6,11,13,19H,7-10,12H2,1-3H3;3-5,8,10,14-15H,6-7,9H2,1-2H3/t13-,17+;10-,13+/m00/s1. The molecule has 0 unspecified atom stereocenters. The van der Waals surface area contributed by atoms with E-state index in [1.54, 1.807) is 12.1 Å². The number of benzene rings is 2. The van der Waals surface area contributed by atoms with Gasteiger partial charge in [0.15, 0.2) is 0 Å². The fourth-order valence-corrected chi connectivity index (χ4v) is 5.59.